The molecule has 1 amide bonds. The second-order valence-corrected chi connectivity index (χ2v) is 8.21. The van der Waals surface area contributed by atoms with Crippen molar-refractivity contribution in [2.45, 2.75) is 31.6 Å². The molecule has 0 unspecified atom stereocenters. The van der Waals surface area contributed by atoms with Gasteiger partial charge in [-0.3, -0.25) is 4.79 Å². The van der Waals surface area contributed by atoms with Crippen LogP contribution in [0.15, 0.2) is 29.7 Å². The first kappa shape index (κ1) is 19.5. The first-order chi connectivity index (χ1) is 11.8. The number of methoxy groups -OCH3 is 1. The average Bonchev–Trinajstić information content (AvgIpc) is 2.61. The molecule has 1 saturated heterocycles. The number of amides is 1. The van der Waals surface area contributed by atoms with Gasteiger partial charge in [-0.1, -0.05) is 6.08 Å². The highest BCUT2D eigenvalue weighted by molar-refractivity contribution is 7.89. The zero-order valence-corrected chi connectivity index (χ0v) is 15.9. The lowest BCUT2D eigenvalue weighted by atomic mass is 9.97. The quantitative estimate of drug-likeness (QED) is 0.782. The maximum atomic E-state index is 13.0. The van der Waals surface area contributed by atoms with E-state index >= 15 is 0 Å². The Morgan fingerprint density at radius 1 is 1.32 bits per heavy atom. The predicted octanol–water partition coefficient (Wildman–Crippen LogP) is 2.01. The van der Waals surface area contributed by atoms with Crippen LogP contribution in [0, 0.1) is 19.8 Å². The Bertz CT molecular complexity index is 751. The second kappa shape index (κ2) is 8.01. The fraction of sp³-hybridized carbons (Fsp3) is 0.500. The minimum atomic E-state index is -3.65. The summed E-state index contributed by atoms with van der Waals surface area (Å²) in [6, 6.07) is 3.41. The molecule has 1 N–H and O–H groups in total. The highest BCUT2D eigenvalue weighted by Crippen LogP contribution is 2.32. The molecule has 7 heteroatoms. The number of hydrogen-bond donors (Lipinski definition) is 1. The van der Waals surface area contributed by atoms with Gasteiger partial charge in [0.05, 0.1) is 7.11 Å². The first-order valence-electron chi connectivity index (χ1n) is 8.35. The number of rotatable bonds is 6. The summed E-state index contributed by atoms with van der Waals surface area (Å²) < 4.78 is 32.7. The maximum Gasteiger partial charge on any atom is 0.246 e. The SMILES string of the molecule is C=CCNC(=O)C1CCN(S(=O)(=O)c2cc(C)c(C)cc2OC)CC1. The third-order valence-corrected chi connectivity index (χ3v) is 6.56. The molecule has 1 fully saturated rings. The van der Waals surface area contributed by atoms with Crippen molar-refractivity contribution in [2.24, 2.45) is 5.92 Å². The topological polar surface area (TPSA) is 75.7 Å². The highest BCUT2D eigenvalue weighted by Gasteiger charge is 2.33. The number of ether oxygens (including phenoxy) is 1. The van der Waals surface area contributed by atoms with Crippen molar-refractivity contribution >= 4 is 15.9 Å². The smallest absolute Gasteiger partial charge is 0.246 e. The molecule has 25 heavy (non-hydrogen) atoms. The van der Waals surface area contributed by atoms with Gasteiger partial charge in [0.25, 0.3) is 0 Å². The van der Waals surface area contributed by atoms with Crippen molar-refractivity contribution < 1.29 is 17.9 Å². The largest absolute Gasteiger partial charge is 0.495 e. The third kappa shape index (κ3) is 4.22. The van der Waals surface area contributed by atoms with Crippen LogP contribution >= 0.6 is 0 Å². The molecule has 0 aliphatic carbocycles. The zero-order valence-electron chi connectivity index (χ0n) is 15.0. The van der Waals surface area contributed by atoms with E-state index in [1.807, 2.05) is 13.8 Å². The molecule has 1 aliphatic rings. The van der Waals surface area contributed by atoms with Gasteiger partial charge in [0.15, 0.2) is 0 Å². The second-order valence-electron chi connectivity index (χ2n) is 6.30. The van der Waals surface area contributed by atoms with E-state index in [0.29, 0.717) is 38.2 Å². The lowest BCUT2D eigenvalue weighted by Crippen LogP contribution is -2.43. The number of nitrogens with zero attached hydrogens (tertiary/aromatic N) is 1. The van der Waals surface area contributed by atoms with Crippen LogP contribution in [0.5, 0.6) is 5.75 Å². The van der Waals surface area contributed by atoms with Gasteiger partial charge in [0.2, 0.25) is 15.9 Å². The van der Waals surface area contributed by atoms with Gasteiger partial charge in [0, 0.05) is 25.6 Å². The molecule has 1 aromatic carbocycles. The van der Waals surface area contributed by atoms with Gasteiger partial charge >= 0.3 is 0 Å². The number of piperidine rings is 1. The lowest BCUT2D eigenvalue weighted by molar-refractivity contribution is -0.125. The molecular formula is C18H26N2O4S. The van der Waals surface area contributed by atoms with E-state index in [-0.39, 0.29) is 16.7 Å². The van der Waals surface area contributed by atoms with Gasteiger partial charge in [-0.25, -0.2) is 8.42 Å². The van der Waals surface area contributed by atoms with Crippen molar-refractivity contribution in [3.8, 4) is 5.75 Å². The molecule has 1 aromatic rings. The summed E-state index contributed by atoms with van der Waals surface area (Å²) in [6.45, 7) is 8.44. The minimum Gasteiger partial charge on any atom is -0.495 e. The highest BCUT2D eigenvalue weighted by atomic mass is 32.2. The molecule has 0 bridgehead atoms. The van der Waals surface area contributed by atoms with Crippen LogP contribution in [0.2, 0.25) is 0 Å². The molecule has 138 valence electrons. The van der Waals surface area contributed by atoms with Crippen LogP contribution in [0.4, 0.5) is 0 Å². The Morgan fingerprint density at radius 3 is 2.48 bits per heavy atom. The van der Waals surface area contributed by atoms with Crippen molar-refractivity contribution in [3.63, 3.8) is 0 Å². The van der Waals surface area contributed by atoms with E-state index < -0.39 is 10.0 Å². The van der Waals surface area contributed by atoms with Gasteiger partial charge < -0.3 is 10.1 Å². The molecule has 0 radical (unpaired) electrons. The molecular weight excluding hydrogens is 340 g/mol. The van der Waals surface area contributed by atoms with Crippen LogP contribution < -0.4 is 10.1 Å². The van der Waals surface area contributed by atoms with Crippen molar-refractivity contribution in [3.05, 3.63) is 35.9 Å². The molecule has 0 spiro atoms. The normalized spacial score (nSPS) is 16.4. The van der Waals surface area contributed by atoms with Crippen molar-refractivity contribution in [1.82, 2.24) is 9.62 Å². The summed E-state index contributed by atoms with van der Waals surface area (Å²) >= 11 is 0. The van der Waals surface area contributed by atoms with Crippen LogP contribution in [0.1, 0.15) is 24.0 Å². The number of benzene rings is 1. The Hall–Kier alpha value is -1.86. The molecule has 0 atom stereocenters. The zero-order chi connectivity index (χ0) is 18.6. The van der Waals surface area contributed by atoms with Crippen LogP contribution in [-0.2, 0) is 14.8 Å². The third-order valence-electron chi connectivity index (χ3n) is 4.64. The number of nitrogens with one attached hydrogen (secondary N) is 1. The number of aryl methyl sites for hydroxylation is 2. The molecule has 6 nitrogen and oxygen atoms in total. The fourth-order valence-corrected chi connectivity index (χ4v) is 4.63. The summed E-state index contributed by atoms with van der Waals surface area (Å²) in [6.07, 6.45) is 2.65. The minimum absolute atomic E-state index is 0.0410. The van der Waals surface area contributed by atoms with Crippen molar-refractivity contribution in [1.29, 1.82) is 0 Å². The average molecular weight is 366 g/mol. The Labute approximate surface area is 149 Å². The van der Waals surface area contributed by atoms with E-state index in [2.05, 4.69) is 11.9 Å². The summed E-state index contributed by atoms with van der Waals surface area (Å²) in [4.78, 5) is 12.2. The standard InChI is InChI=1S/C18H26N2O4S/c1-5-8-19-18(21)15-6-9-20(10-7-15)25(22,23)17-12-14(3)13(2)11-16(17)24-4/h5,11-12,15H,1,6-10H2,2-4H3,(H,19,21). The van der Waals surface area contributed by atoms with E-state index in [9.17, 15) is 13.2 Å². The molecule has 2 rings (SSSR count). The Balaban J connectivity index is 2.16. The van der Waals surface area contributed by atoms with E-state index in [4.69, 9.17) is 4.74 Å². The maximum absolute atomic E-state index is 13.0. The number of sulfonamides is 1. The summed E-state index contributed by atoms with van der Waals surface area (Å²) in [5.41, 5.74) is 1.88. The van der Waals surface area contributed by atoms with Gasteiger partial charge in [-0.15, -0.1) is 6.58 Å². The fourth-order valence-electron chi connectivity index (χ4n) is 2.94. The van der Waals surface area contributed by atoms with E-state index in [1.165, 1.54) is 11.4 Å². The van der Waals surface area contributed by atoms with Crippen molar-refractivity contribution in [2.75, 3.05) is 26.7 Å². The summed E-state index contributed by atoms with van der Waals surface area (Å²) in [5.74, 6) is 0.155. The number of carbonyl (C=O) groups excluding carboxylic acids is 1. The number of hydrogen-bond acceptors (Lipinski definition) is 4. The Morgan fingerprint density at radius 2 is 1.92 bits per heavy atom. The molecule has 1 aliphatic heterocycles. The Kier molecular flexibility index (Phi) is 6.24. The lowest BCUT2D eigenvalue weighted by Gasteiger charge is -2.31. The first-order valence-corrected chi connectivity index (χ1v) is 9.79. The number of carbonyl (C=O) groups is 1. The van der Waals surface area contributed by atoms with Gasteiger partial charge in [-0.2, -0.15) is 4.31 Å². The monoisotopic (exact) mass is 366 g/mol. The summed E-state index contributed by atoms with van der Waals surface area (Å²) in [5, 5.41) is 2.77. The molecule has 0 aromatic heterocycles. The van der Waals surface area contributed by atoms with Crippen LogP contribution in [0.25, 0.3) is 0 Å². The van der Waals surface area contributed by atoms with Gasteiger partial charge in [-0.05, 0) is 49.9 Å². The summed E-state index contributed by atoms with van der Waals surface area (Å²) in [7, 11) is -2.18. The van der Waals surface area contributed by atoms with Crippen LogP contribution in [0.3, 0.4) is 0 Å². The van der Waals surface area contributed by atoms with E-state index in [0.717, 1.165) is 11.1 Å². The molecule has 0 saturated carbocycles. The van der Waals surface area contributed by atoms with Gasteiger partial charge in [0.1, 0.15) is 10.6 Å². The van der Waals surface area contributed by atoms with E-state index in [1.54, 1.807) is 18.2 Å². The predicted molar refractivity (Wildman–Crippen MR) is 97.2 cm³/mol. The van der Waals surface area contributed by atoms with Crippen LogP contribution in [-0.4, -0.2) is 45.4 Å². The molecule has 1 heterocycles.